The third kappa shape index (κ3) is 4.41. The van der Waals surface area contributed by atoms with Crippen LogP contribution in [0.1, 0.15) is 53.4 Å². The van der Waals surface area contributed by atoms with Crippen molar-refractivity contribution in [2.45, 2.75) is 71.4 Å². The molecule has 1 saturated heterocycles. The van der Waals surface area contributed by atoms with Gasteiger partial charge in [0, 0.05) is 0 Å². The van der Waals surface area contributed by atoms with Gasteiger partial charge in [-0.05, 0) is 32.3 Å². The first-order chi connectivity index (χ1) is 8.00. The SMILES string of the molecule is CCC/C=C(\CCC)[C@@H](O)[C@H]1COC(C)(C)O1. The van der Waals surface area contributed by atoms with E-state index in [1.165, 1.54) is 0 Å². The molecule has 0 aliphatic carbocycles. The standard InChI is InChI=1S/C14H26O3/c1-5-7-9-11(8-6-2)13(15)12-10-16-14(3,4)17-12/h9,12-13,15H,5-8,10H2,1-4H3/b11-9+/t12-,13-/m1/s1. The Balaban J connectivity index is 2.62. The quantitative estimate of drug-likeness (QED) is 0.728. The zero-order valence-electron chi connectivity index (χ0n) is 11.5. The van der Waals surface area contributed by atoms with E-state index >= 15 is 0 Å². The maximum atomic E-state index is 10.3. The Morgan fingerprint density at radius 3 is 2.59 bits per heavy atom. The number of ether oxygens (including phenoxy) is 2. The topological polar surface area (TPSA) is 38.7 Å². The summed E-state index contributed by atoms with van der Waals surface area (Å²) in [6.07, 6.45) is 5.51. The fourth-order valence-corrected chi connectivity index (χ4v) is 2.10. The molecule has 1 aliphatic rings. The number of aliphatic hydroxyl groups excluding tert-OH is 1. The molecule has 0 aromatic carbocycles. The molecule has 1 fully saturated rings. The number of hydrogen-bond acceptors (Lipinski definition) is 3. The first-order valence-electron chi connectivity index (χ1n) is 6.69. The van der Waals surface area contributed by atoms with Gasteiger partial charge in [-0.3, -0.25) is 0 Å². The van der Waals surface area contributed by atoms with Crippen molar-refractivity contribution in [3.05, 3.63) is 11.6 Å². The van der Waals surface area contributed by atoms with Crippen molar-refractivity contribution in [1.82, 2.24) is 0 Å². The summed E-state index contributed by atoms with van der Waals surface area (Å²) in [5.74, 6) is -0.562. The molecule has 3 heteroatoms. The van der Waals surface area contributed by atoms with Gasteiger partial charge < -0.3 is 14.6 Å². The molecule has 3 nitrogen and oxygen atoms in total. The van der Waals surface area contributed by atoms with Crippen molar-refractivity contribution >= 4 is 0 Å². The lowest BCUT2D eigenvalue weighted by molar-refractivity contribution is -0.148. The molecule has 0 aromatic rings. The van der Waals surface area contributed by atoms with Crippen LogP contribution in [0.5, 0.6) is 0 Å². The second-order valence-electron chi connectivity index (χ2n) is 5.13. The molecule has 0 amide bonds. The minimum atomic E-state index is -0.562. The maximum Gasteiger partial charge on any atom is 0.163 e. The van der Waals surface area contributed by atoms with Gasteiger partial charge in [-0.15, -0.1) is 0 Å². The number of unbranched alkanes of at least 4 members (excludes halogenated alkanes) is 1. The molecule has 0 unspecified atom stereocenters. The zero-order chi connectivity index (χ0) is 12.9. The van der Waals surface area contributed by atoms with Gasteiger partial charge in [-0.1, -0.05) is 32.8 Å². The molecule has 2 atom stereocenters. The van der Waals surface area contributed by atoms with Gasteiger partial charge >= 0.3 is 0 Å². The average molecular weight is 242 g/mol. The van der Waals surface area contributed by atoms with E-state index in [9.17, 15) is 5.11 Å². The lowest BCUT2D eigenvalue weighted by atomic mass is 9.99. The number of aliphatic hydroxyl groups is 1. The second-order valence-corrected chi connectivity index (χ2v) is 5.13. The summed E-state index contributed by atoms with van der Waals surface area (Å²) in [5, 5.41) is 10.3. The van der Waals surface area contributed by atoms with Gasteiger partial charge in [0.15, 0.2) is 5.79 Å². The van der Waals surface area contributed by atoms with Gasteiger partial charge in [0.1, 0.15) is 12.2 Å². The highest BCUT2D eigenvalue weighted by atomic mass is 16.7. The Bertz CT molecular complexity index is 258. The smallest absolute Gasteiger partial charge is 0.163 e. The Hall–Kier alpha value is -0.380. The summed E-state index contributed by atoms with van der Waals surface area (Å²) >= 11 is 0. The van der Waals surface area contributed by atoms with Gasteiger partial charge in [0.05, 0.1) is 6.61 Å². The van der Waals surface area contributed by atoms with Gasteiger partial charge in [-0.2, -0.15) is 0 Å². The summed E-state index contributed by atoms with van der Waals surface area (Å²) in [6.45, 7) is 8.51. The van der Waals surface area contributed by atoms with Crippen LogP contribution in [0, 0.1) is 0 Å². The van der Waals surface area contributed by atoms with E-state index in [1.54, 1.807) is 0 Å². The van der Waals surface area contributed by atoms with Gasteiger partial charge in [-0.25, -0.2) is 0 Å². The number of hydrogen-bond donors (Lipinski definition) is 1. The molecule has 0 spiro atoms. The molecule has 17 heavy (non-hydrogen) atoms. The van der Waals surface area contributed by atoms with Crippen LogP contribution in [-0.2, 0) is 9.47 Å². The molecule has 0 aromatic heterocycles. The van der Waals surface area contributed by atoms with Crippen molar-refractivity contribution in [2.24, 2.45) is 0 Å². The van der Waals surface area contributed by atoms with E-state index in [0.717, 1.165) is 31.3 Å². The Kier molecular flexibility index (Phi) is 5.63. The Morgan fingerprint density at radius 2 is 2.12 bits per heavy atom. The highest BCUT2D eigenvalue weighted by Crippen LogP contribution is 2.28. The monoisotopic (exact) mass is 242 g/mol. The predicted molar refractivity (Wildman–Crippen MR) is 68.8 cm³/mol. The molecule has 1 aliphatic heterocycles. The highest BCUT2D eigenvalue weighted by Gasteiger charge is 2.37. The van der Waals surface area contributed by atoms with Crippen LogP contribution < -0.4 is 0 Å². The van der Waals surface area contributed by atoms with Crippen LogP contribution in [0.2, 0.25) is 0 Å². The van der Waals surface area contributed by atoms with E-state index in [1.807, 2.05) is 13.8 Å². The Labute approximate surface area is 105 Å². The lowest BCUT2D eigenvalue weighted by Crippen LogP contribution is -2.32. The second kappa shape index (κ2) is 6.53. The third-order valence-electron chi connectivity index (χ3n) is 3.00. The summed E-state index contributed by atoms with van der Waals surface area (Å²) in [7, 11) is 0. The predicted octanol–water partition coefficient (Wildman–Crippen LogP) is 3.03. The van der Waals surface area contributed by atoms with Crippen molar-refractivity contribution in [3.8, 4) is 0 Å². The first-order valence-corrected chi connectivity index (χ1v) is 6.69. The Morgan fingerprint density at radius 1 is 1.41 bits per heavy atom. The molecule has 0 radical (unpaired) electrons. The van der Waals surface area contributed by atoms with E-state index < -0.39 is 11.9 Å². The summed E-state index contributed by atoms with van der Waals surface area (Å²) in [5.41, 5.74) is 1.10. The molecule has 1 heterocycles. The molecular weight excluding hydrogens is 216 g/mol. The third-order valence-corrected chi connectivity index (χ3v) is 3.00. The normalized spacial score (nSPS) is 26.2. The zero-order valence-corrected chi connectivity index (χ0v) is 11.5. The molecule has 1 rings (SSSR count). The molecule has 0 saturated carbocycles. The fraction of sp³-hybridized carbons (Fsp3) is 0.857. The van der Waals surface area contributed by atoms with E-state index in [-0.39, 0.29) is 6.10 Å². The van der Waals surface area contributed by atoms with Crippen LogP contribution in [-0.4, -0.2) is 29.7 Å². The lowest BCUT2D eigenvalue weighted by Gasteiger charge is -2.22. The minimum Gasteiger partial charge on any atom is -0.386 e. The molecular formula is C14H26O3. The molecule has 1 N–H and O–H groups in total. The van der Waals surface area contributed by atoms with E-state index in [2.05, 4.69) is 19.9 Å². The fourth-order valence-electron chi connectivity index (χ4n) is 2.10. The van der Waals surface area contributed by atoms with Crippen molar-refractivity contribution in [2.75, 3.05) is 6.61 Å². The number of allylic oxidation sites excluding steroid dienone is 1. The van der Waals surface area contributed by atoms with Gasteiger partial charge in [0.2, 0.25) is 0 Å². The summed E-state index contributed by atoms with van der Waals surface area (Å²) in [4.78, 5) is 0. The van der Waals surface area contributed by atoms with Crippen molar-refractivity contribution in [1.29, 1.82) is 0 Å². The summed E-state index contributed by atoms with van der Waals surface area (Å²) < 4.78 is 11.2. The van der Waals surface area contributed by atoms with Crippen LogP contribution >= 0.6 is 0 Å². The van der Waals surface area contributed by atoms with Crippen LogP contribution in [0.4, 0.5) is 0 Å². The van der Waals surface area contributed by atoms with Crippen LogP contribution in [0.3, 0.4) is 0 Å². The van der Waals surface area contributed by atoms with Gasteiger partial charge in [0.25, 0.3) is 0 Å². The summed E-state index contributed by atoms with van der Waals surface area (Å²) in [6, 6.07) is 0. The number of rotatable bonds is 6. The minimum absolute atomic E-state index is 0.223. The van der Waals surface area contributed by atoms with E-state index in [4.69, 9.17) is 9.47 Å². The van der Waals surface area contributed by atoms with E-state index in [0.29, 0.717) is 6.61 Å². The van der Waals surface area contributed by atoms with Crippen molar-refractivity contribution in [3.63, 3.8) is 0 Å². The van der Waals surface area contributed by atoms with Crippen molar-refractivity contribution < 1.29 is 14.6 Å². The average Bonchev–Trinajstić information content (AvgIpc) is 2.64. The molecule has 0 bridgehead atoms. The van der Waals surface area contributed by atoms with Crippen LogP contribution in [0.15, 0.2) is 11.6 Å². The largest absolute Gasteiger partial charge is 0.386 e. The van der Waals surface area contributed by atoms with Crippen LogP contribution in [0.25, 0.3) is 0 Å². The molecule has 100 valence electrons. The first kappa shape index (κ1) is 14.7. The maximum absolute atomic E-state index is 10.3. The highest BCUT2D eigenvalue weighted by molar-refractivity contribution is 5.11.